The summed E-state index contributed by atoms with van der Waals surface area (Å²) in [6, 6.07) is 17.6. The highest BCUT2D eigenvalue weighted by atomic mass is 19.1. The molecule has 6 heteroatoms. The lowest BCUT2D eigenvalue weighted by molar-refractivity contribution is 0.253. The normalized spacial score (nSPS) is 15.5. The minimum absolute atomic E-state index is 0.209. The quantitative estimate of drug-likeness (QED) is 0.288. The van der Waals surface area contributed by atoms with Gasteiger partial charge in [0.15, 0.2) is 0 Å². The van der Waals surface area contributed by atoms with E-state index in [1.165, 1.54) is 47.3 Å². The number of allylic oxidation sites excluding steroid dienone is 1. The van der Waals surface area contributed by atoms with Crippen LogP contribution in [0.1, 0.15) is 56.2 Å². The van der Waals surface area contributed by atoms with E-state index in [0.717, 1.165) is 81.8 Å². The van der Waals surface area contributed by atoms with Gasteiger partial charge in [-0.15, -0.1) is 0 Å². The van der Waals surface area contributed by atoms with E-state index in [0.29, 0.717) is 6.54 Å². The highest BCUT2D eigenvalue weighted by Gasteiger charge is 2.17. The molecule has 2 aliphatic rings. The maximum absolute atomic E-state index is 13.6. The first-order chi connectivity index (χ1) is 21.1. The molecule has 1 aliphatic heterocycles. The molecule has 2 heterocycles. The Morgan fingerprint density at radius 3 is 2.42 bits per heavy atom. The second-order valence-electron chi connectivity index (χ2n) is 11.4. The summed E-state index contributed by atoms with van der Waals surface area (Å²) in [7, 11) is 1.79. The van der Waals surface area contributed by atoms with Crippen LogP contribution in [0.5, 0.6) is 0 Å². The third-order valence-corrected chi connectivity index (χ3v) is 8.38. The van der Waals surface area contributed by atoms with Gasteiger partial charge in [-0.05, 0) is 74.1 Å². The highest BCUT2D eigenvalue weighted by Crippen LogP contribution is 2.13. The molecule has 5 nitrogen and oxygen atoms in total. The van der Waals surface area contributed by atoms with Crippen molar-refractivity contribution in [1.82, 2.24) is 19.7 Å². The van der Waals surface area contributed by atoms with E-state index in [2.05, 4.69) is 68.9 Å². The van der Waals surface area contributed by atoms with Crippen molar-refractivity contribution in [3.05, 3.63) is 106 Å². The fraction of sp³-hybridized carbons (Fsp3) is 0.459. The molecule has 1 saturated heterocycles. The molecule has 2 aromatic carbocycles. The summed E-state index contributed by atoms with van der Waals surface area (Å²) in [6.07, 6.45) is 10.8. The lowest BCUT2D eigenvalue weighted by atomic mass is 10.1. The molecule has 0 unspecified atom stereocenters. The molecule has 0 bridgehead atoms. The third kappa shape index (κ3) is 9.57. The Morgan fingerprint density at radius 2 is 1.67 bits per heavy atom. The lowest BCUT2D eigenvalue weighted by Crippen LogP contribution is -2.36. The number of aromatic nitrogens is 1. The average Bonchev–Trinajstić information content (AvgIpc) is 3.22. The van der Waals surface area contributed by atoms with Gasteiger partial charge in [0.2, 0.25) is 0 Å². The summed E-state index contributed by atoms with van der Waals surface area (Å²) in [6.45, 7) is 16.7. The van der Waals surface area contributed by atoms with Crippen LogP contribution in [0.2, 0.25) is 0 Å². The predicted octanol–water partition coefficient (Wildman–Crippen LogP) is 5.47. The predicted molar refractivity (Wildman–Crippen MR) is 177 cm³/mol. The summed E-state index contributed by atoms with van der Waals surface area (Å²) in [5, 5.41) is 5.91. The number of rotatable bonds is 13. The van der Waals surface area contributed by atoms with E-state index in [1.807, 2.05) is 19.9 Å². The summed E-state index contributed by atoms with van der Waals surface area (Å²) < 4.78 is 21.8. The van der Waals surface area contributed by atoms with Gasteiger partial charge in [0.05, 0.1) is 12.5 Å². The number of halogens is 1. The number of nitrogens with zero attached hydrogens (tertiary/aromatic N) is 3. The van der Waals surface area contributed by atoms with Crippen LogP contribution in [0, 0.1) is 5.82 Å². The fourth-order valence-electron chi connectivity index (χ4n) is 6.18. The summed E-state index contributed by atoms with van der Waals surface area (Å²) in [5.74, 6) is 0.870. The van der Waals surface area contributed by atoms with Crippen molar-refractivity contribution in [3.63, 3.8) is 0 Å². The van der Waals surface area contributed by atoms with Gasteiger partial charge in [-0.2, -0.15) is 0 Å². The number of benzene rings is 2. The molecular formula is C37H51FN4O. The third-order valence-electron chi connectivity index (χ3n) is 8.38. The van der Waals surface area contributed by atoms with Crippen LogP contribution in [0.4, 0.5) is 4.39 Å². The summed E-state index contributed by atoms with van der Waals surface area (Å²) >= 11 is 0. The molecule has 0 saturated carbocycles. The standard InChI is InChI=1S/C35H45FN4O.C2H6/c1-28(37-26-30-12-6-13-32(36)25-30)24-31-27-40(35-33(31)14-7-15-34(35)41-2)20-9-19-38-17-8-18-39(23-22-38)21-16-29-10-4-3-5-11-29;1-2/h3-6,10-14,25,27,37H,1,7-9,15-24,26H2,2H3;1-2H3. The Kier molecular flexibility index (Phi) is 12.9. The molecular weight excluding hydrogens is 535 g/mol. The number of nitrogens with one attached hydrogen (secondary N) is 1. The van der Waals surface area contributed by atoms with Crippen LogP contribution in [0.25, 0.3) is 11.8 Å². The number of ether oxygens (including phenoxy) is 1. The highest BCUT2D eigenvalue weighted by molar-refractivity contribution is 5.47. The van der Waals surface area contributed by atoms with Crippen molar-refractivity contribution in [3.8, 4) is 0 Å². The Balaban J connectivity index is 0.00000207. The van der Waals surface area contributed by atoms with Crippen molar-refractivity contribution >= 4 is 11.8 Å². The fourth-order valence-corrected chi connectivity index (χ4v) is 6.18. The van der Waals surface area contributed by atoms with Gasteiger partial charge in [0, 0.05) is 62.7 Å². The van der Waals surface area contributed by atoms with Crippen molar-refractivity contribution in [2.45, 2.75) is 65.5 Å². The Bertz CT molecular complexity index is 1410. The number of methoxy groups -OCH3 is 1. The summed E-state index contributed by atoms with van der Waals surface area (Å²) in [5.41, 5.74) is 4.56. The van der Waals surface area contributed by atoms with Gasteiger partial charge in [0.1, 0.15) is 11.6 Å². The van der Waals surface area contributed by atoms with E-state index >= 15 is 0 Å². The van der Waals surface area contributed by atoms with Crippen LogP contribution >= 0.6 is 0 Å². The summed E-state index contributed by atoms with van der Waals surface area (Å²) in [4.78, 5) is 5.27. The topological polar surface area (TPSA) is 32.7 Å². The molecule has 43 heavy (non-hydrogen) atoms. The largest absolute Gasteiger partial charge is 0.499 e. The van der Waals surface area contributed by atoms with E-state index in [-0.39, 0.29) is 5.82 Å². The van der Waals surface area contributed by atoms with Gasteiger partial charge in [-0.1, -0.05) is 69.0 Å². The van der Waals surface area contributed by atoms with Crippen LogP contribution < -0.4 is 15.9 Å². The zero-order valence-electron chi connectivity index (χ0n) is 26.6. The molecule has 1 N–H and O–H groups in total. The van der Waals surface area contributed by atoms with Crippen molar-refractivity contribution in [1.29, 1.82) is 0 Å². The molecule has 232 valence electrons. The van der Waals surface area contributed by atoms with E-state index < -0.39 is 0 Å². The molecule has 0 amide bonds. The SMILES string of the molecule is C=C(Cc1cn(CCCN2CCCN(CCc3ccccc3)CC2)c2c1=CCCC=2OC)NCc1cccc(F)c1.CC. The smallest absolute Gasteiger partial charge is 0.123 e. The van der Waals surface area contributed by atoms with Gasteiger partial charge < -0.3 is 24.4 Å². The Labute approximate surface area is 258 Å². The second kappa shape index (κ2) is 17.1. The lowest BCUT2D eigenvalue weighted by Gasteiger charge is -2.22. The number of aryl methyl sites for hydroxylation is 1. The number of hydrogen-bond donors (Lipinski definition) is 1. The molecule has 0 atom stereocenters. The van der Waals surface area contributed by atoms with Gasteiger partial charge in [-0.3, -0.25) is 0 Å². The number of fused-ring (bicyclic) bond motifs is 1. The second-order valence-corrected chi connectivity index (χ2v) is 11.4. The average molecular weight is 587 g/mol. The van der Waals surface area contributed by atoms with E-state index in [4.69, 9.17) is 4.74 Å². The van der Waals surface area contributed by atoms with Gasteiger partial charge in [0.25, 0.3) is 0 Å². The first-order valence-electron chi connectivity index (χ1n) is 16.2. The Hall–Kier alpha value is -3.35. The van der Waals surface area contributed by atoms with Crippen LogP contribution in [0.3, 0.4) is 0 Å². The number of hydrogen-bond acceptors (Lipinski definition) is 4. The van der Waals surface area contributed by atoms with E-state index in [1.54, 1.807) is 19.2 Å². The monoisotopic (exact) mass is 586 g/mol. The minimum atomic E-state index is -0.209. The van der Waals surface area contributed by atoms with Gasteiger partial charge >= 0.3 is 0 Å². The maximum atomic E-state index is 13.6. The molecule has 5 rings (SSSR count). The van der Waals surface area contributed by atoms with Gasteiger partial charge in [-0.25, -0.2) is 4.39 Å². The molecule has 0 radical (unpaired) electrons. The van der Waals surface area contributed by atoms with Crippen LogP contribution in [-0.4, -0.2) is 60.7 Å². The molecule has 1 aliphatic carbocycles. The molecule has 0 spiro atoms. The van der Waals surface area contributed by atoms with Crippen LogP contribution in [-0.2, 0) is 30.7 Å². The maximum Gasteiger partial charge on any atom is 0.123 e. The van der Waals surface area contributed by atoms with E-state index in [9.17, 15) is 4.39 Å². The van der Waals surface area contributed by atoms with Crippen molar-refractivity contribution in [2.24, 2.45) is 0 Å². The molecule has 1 fully saturated rings. The van der Waals surface area contributed by atoms with Crippen LogP contribution in [0.15, 0.2) is 73.1 Å². The molecule has 3 aromatic rings. The minimum Gasteiger partial charge on any atom is -0.499 e. The van der Waals surface area contributed by atoms with Crippen molar-refractivity contribution < 1.29 is 9.13 Å². The zero-order chi connectivity index (χ0) is 30.4. The zero-order valence-corrected chi connectivity index (χ0v) is 26.6. The molecule has 1 aromatic heterocycles. The first kappa shape index (κ1) is 32.6. The van der Waals surface area contributed by atoms with Crippen molar-refractivity contribution in [2.75, 3.05) is 46.4 Å². The Morgan fingerprint density at radius 1 is 0.930 bits per heavy atom. The first-order valence-corrected chi connectivity index (χ1v) is 16.2.